The molecule has 1 aliphatic rings. The predicted octanol–water partition coefficient (Wildman–Crippen LogP) is -0.134. The van der Waals surface area contributed by atoms with Crippen LogP contribution in [0.15, 0.2) is 27.9 Å². The molecule has 1 fully saturated rings. The van der Waals surface area contributed by atoms with Crippen molar-refractivity contribution in [1.29, 1.82) is 0 Å². The summed E-state index contributed by atoms with van der Waals surface area (Å²) in [5.74, 6) is -0.861. The number of hydrogen-bond donors (Lipinski definition) is 1. The lowest BCUT2D eigenvalue weighted by Crippen LogP contribution is -2.43. The molecule has 0 saturated carbocycles. The van der Waals surface area contributed by atoms with E-state index in [1.807, 2.05) is 0 Å². The molecule has 1 saturated heterocycles. The van der Waals surface area contributed by atoms with Gasteiger partial charge in [0.1, 0.15) is 12.2 Å². The minimum atomic E-state index is -4.00. The Morgan fingerprint density at radius 3 is 2.82 bits per heavy atom. The van der Waals surface area contributed by atoms with Crippen LogP contribution in [0.2, 0.25) is 0 Å². The van der Waals surface area contributed by atoms with Crippen molar-refractivity contribution in [3.63, 3.8) is 0 Å². The minimum Gasteiger partial charge on any atom is -0.452 e. The highest BCUT2D eigenvalue weighted by Crippen LogP contribution is 2.27. The Labute approximate surface area is 97.2 Å². The topological polar surface area (TPSA) is 93.6 Å². The first-order chi connectivity index (χ1) is 7.93. The van der Waals surface area contributed by atoms with E-state index in [0.29, 0.717) is 0 Å². The van der Waals surface area contributed by atoms with Gasteiger partial charge < -0.3 is 10.2 Å². The molecule has 0 unspecified atom stereocenters. The molecular weight excluding hydrogens is 251 g/mol. The second kappa shape index (κ2) is 4.11. The van der Waals surface area contributed by atoms with Gasteiger partial charge in [0, 0.05) is 13.0 Å². The fraction of sp³-hybridized carbons (Fsp3) is 0.444. The van der Waals surface area contributed by atoms with Crippen molar-refractivity contribution >= 4 is 15.9 Å². The van der Waals surface area contributed by atoms with Gasteiger partial charge in [-0.05, 0) is 12.1 Å². The first-order valence-corrected chi connectivity index (χ1v) is 6.35. The van der Waals surface area contributed by atoms with Crippen molar-refractivity contribution in [3.8, 4) is 0 Å². The highest BCUT2D eigenvalue weighted by molar-refractivity contribution is 7.89. The highest BCUT2D eigenvalue weighted by Gasteiger charge is 2.44. The third-order valence-electron chi connectivity index (χ3n) is 2.59. The zero-order valence-corrected chi connectivity index (χ0v) is 9.56. The third-order valence-corrected chi connectivity index (χ3v) is 4.35. The molecule has 6 nitrogen and oxygen atoms in total. The normalized spacial score (nSPS) is 26.2. The van der Waals surface area contributed by atoms with Gasteiger partial charge in [0.2, 0.25) is 11.0 Å². The molecule has 0 aromatic carbocycles. The second-order valence-corrected chi connectivity index (χ2v) is 5.58. The molecule has 94 valence electrons. The molecule has 2 rings (SSSR count). The van der Waals surface area contributed by atoms with Crippen LogP contribution in [0, 0.1) is 0 Å². The van der Waals surface area contributed by atoms with Crippen molar-refractivity contribution < 1.29 is 22.0 Å². The molecule has 1 aliphatic heterocycles. The molecule has 0 aliphatic carbocycles. The van der Waals surface area contributed by atoms with Gasteiger partial charge in [-0.15, -0.1) is 0 Å². The number of furan rings is 1. The van der Waals surface area contributed by atoms with Gasteiger partial charge in [-0.1, -0.05) is 0 Å². The molecule has 0 spiro atoms. The number of primary amides is 1. The van der Waals surface area contributed by atoms with Crippen LogP contribution in [0.25, 0.3) is 0 Å². The number of alkyl halides is 1. The lowest BCUT2D eigenvalue weighted by Gasteiger charge is -2.19. The number of amides is 1. The minimum absolute atomic E-state index is 0.213. The van der Waals surface area contributed by atoms with Gasteiger partial charge >= 0.3 is 0 Å². The van der Waals surface area contributed by atoms with E-state index >= 15 is 0 Å². The molecule has 0 bridgehead atoms. The number of carbonyl (C=O) groups is 1. The Morgan fingerprint density at radius 1 is 1.59 bits per heavy atom. The van der Waals surface area contributed by atoms with E-state index in [0.717, 1.165) is 4.31 Å². The summed E-state index contributed by atoms with van der Waals surface area (Å²) in [6.45, 7) is -0.378. The number of nitrogens with two attached hydrogens (primary N) is 1. The van der Waals surface area contributed by atoms with Crippen molar-refractivity contribution in [2.45, 2.75) is 23.7 Å². The largest absolute Gasteiger partial charge is 0.452 e. The van der Waals surface area contributed by atoms with E-state index in [1.165, 1.54) is 18.4 Å². The van der Waals surface area contributed by atoms with Crippen LogP contribution in [0.5, 0.6) is 0 Å². The maximum Gasteiger partial charge on any atom is 0.277 e. The molecule has 1 aromatic rings. The maximum absolute atomic E-state index is 13.2. The summed E-state index contributed by atoms with van der Waals surface area (Å²) in [5, 5.41) is -0.321. The monoisotopic (exact) mass is 262 g/mol. The number of halogens is 1. The average molecular weight is 262 g/mol. The highest BCUT2D eigenvalue weighted by atomic mass is 32.2. The van der Waals surface area contributed by atoms with Crippen LogP contribution < -0.4 is 5.73 Å². The molecule has 1 amide bonds. The first kappa shape index (κ1) is 12.1. The SMILES string of the molecule is NC(=O)[C@@H]1C[C@@H](F)CN1S(=O)(=O)c1ccco1. The Morgan fingerprint density at radius 2 is 2.29 bits per heavy atom. The molecule has 17 heavy (non-hydrogen) atoms. The number of nitrogens with zero attached hydrogens (tertiary/aromatic N) is 1. The summed E-state index contributed by atoms with van der Waals surface area (Å²) < 4.78 is 42.8. The van der Waals surface area contributed by atoms with E-state index < -0.39 is 28.1 Å². The smallest absolute Gasteiger partial charge is 0.277 e. The lowest BCUT2D eigenvalue weighted by molar-refractivity contribution is -0.121. The Bertz CT molecular complexity index is 513. The van der Waals surface area contributed by atoms with Crippen molar-refractivity contribution in [2.24, 2.45) is 5.73 Å². The van der Waals surface area contributed by atoms with Crippen LogP contribution >= 0.6 is 0 Å². The molecule has 0 radical (unpaired) electrons. The maximum atomic E-state index is 13.2. The van der Waals surface area contributed by atoms with Crippen molar-refractivity contribution in [2.75, 3.05) is 6.54 Å². The first-order valence-electron chi connectivity index (χ1n) is 4.91. The Kier molecular flexibility index (Phi) is 2.92. The van der Waals surface area contributed by atoms with E-state index in [2.05, 4.69) is 0 Å². The Balaban J connectivity index is 2.36. The Hall–Kier alpha value is -1.41. The van der Waals surface area contributed by atoms with E-state index in [4.69, 9.17) is 10.2 Å². The van der Waals surface area contributed by atoms with Crippen LogP contribution in [0.3, 0.4) is 0 Å². The number of carbonyl (C=O) groups excluding carboxylic acids is 1. The van der Waals surface area contributed by atoms with E-state index in [-0.39, 0.29) is 18.1 Å². The summed E-state index contributed by atoms with van der Waals surface area (Å²) in [7, 11) is -4.00. The predicted molar refractivity (Wildman–Crippen MR) is 55.1 cm³/mol. The molecule has 8 heteroatoms. The summed E-state index contributed by atoms with van der Waals surface area (Å²) in [4.78, 5) is 11.1. The van der Waals surface area contributed by atoms with Gasteiger partial charge in [0.05, 0.1) is 6.26 Å². The standard InChI is InChI=1S/C9H11FN2O4S/c10-6-4-7(9(11)13)12(5-6)17(14,15)8-2-1-3-16-8/h1-3,6-7H,4-5H2,(H2,11,13)/t6-,7+/m1/s1. The fourth-order valence-electron chi connectivity index (χ4n) is 1.81. The zero-order valence-electron chi connectivity index (χ0n) is 8.74. The fourth-order valence-corrected chi connectivity index (χ4v) is 3.35. The van der Waals surface area contributed by atoms with Crippen molar-refractivity contribution in [3.05, 3.63) is 18.4 Å². The quantitative estimate of drug-likeness (QED) is 0.820. The number of hydrogen-bond acceptors (Lipinski definition) is 4. The number of sulfonamides is 1. The number of rotatable bonds is 3. The van der Waals surface area contributed by atoms with Gasteiger partial charge in [0.15, 0.2) is 0 Å². The third kappa shape index (κ3) is 2.05. The molecule has 1 aromatic heterocycles. The lowest BCUT2D eigenvalue weighted by atomic mass is 10.2. The summed E-state index contributed by atoms with van der Waals surface area (Å²) in [6.07, 6.45) is -0.415. The second-order valence-electron chi connectivity index (χ2n) is 3.76. The summed E-state index contributed by atoms with van der Waals surface area (Å²) in [5.41, 5.74) is 5.06. The van der Waals surface area contributed by atoms with Gasteiger partial charge in [-0.3, -0.25) is 4.79 Å². The van der Waals surface area contributed by atoms with Crippen LogP contribution in [0.1, 0.15) is 6.42 Å². The molecular formula is C9H11FN2O4S. The van der Waals surface area contributed by atoms with Gasteiger partial charge in [0.25, 0.3) is 10.0 Å². The molecule has 2 heterocycles. The average Bonchev–Trinajstić information content (AvgIpc) is 2.84. The summed E-state index contributed by atoms with van der Waals surface area (Å²) in [6, 6.07) is 1.48. The van der Waals surface area contributed by atoms with Gasteiger partial charge in [-0.25, -0.2) is 12.8 Å². The van der Waals surface area contributed by atoms with Crippen LogP contribution in [-0.4, -0.2) is 37.4 Å². The molecule has 2 atom stereocenters. The zero-order chi connectivity index (χ0) is 12.6. The van der Waals surface area contributed by atoms with Crippen LogP contribution in [-0.2, 0) is 14.8 Å². The van der Waals surface area contributed by atoms with Gasteiger partial charge in [-0.2, -0.15) is 4.31 Å². The summed E-state index contributed by atoms with van der Waals surface area (Å²) >= 11 is 0. The van der Waals surface area contributed by atoms with E-state index in [1.54, 1.807) is 0 Å². The molecule has 2 N–H and O–H groups in total. The van der Waals surface area contributed by atoms with Crippen molar-refractivity contribution in [1.82, 2.24) is 4.31 Å². The van der Waals surface area contributed by atoms with Crippen LogP contribution in [0.4, 0.5) is 4.39 Å². The van der Waals surface area contributed by atoms with E-state index in [9.17, 15) is 17.6 Å².